The minimum atomic E-state index is -0.937. The number of carboxylic acids is 1. The maximum Gasteiger partial charge on any atom is 0.326 e. The third-order valence-corrected chi connectivity index (χ3v) is 6.72. The first-order valence-electron chi connectivity index (χ1n) is 11.1. The molecule has 5 heteroatoms. The van der Waals surface area contributed by atoms with Crippen molar-refractivity contribution >= 4 is 17.6 Å². The average molecular weight is 427 g/mol. The van der Waals surface area contributed by atoms with Crippen LogP contribution in [0.2, 0.25) is 0 Å². The van der Waals surface area contributed by atoms with Crippen molar-refractivity contribution in [2.75, 3.05) is 18.0 Å². The molecule has 0 bridgehead atoms. The molecule has 2 aliphatic heterocycles. The zero-order valence-electron chi connectivity index (χ0n) is 17.8. The van der Waals surface area contributed by atoms with E-state index in [1.807, 2.05) is 72.8 Å². The lowest BCUT2D eigenvalue weighted by Gasteiger charge is -2.29. The predicted octanol–water partition coefficient (Wildman–Crippen LogP) is 3.94. The smallest absolute Gasteiger partial charge is 0.326 e. The molecule has 0 aliphatic carbocycles. The number of aliphatic carboxylic acids is 1. The van der Waals surface area contributed by atoms with Gasteiger partial charge in [0, 0.05) is 31.2 Å². The van der Waals surface area contributed by atoms with Gasteiger partial charge in [-0.2, -0.15) is 0 Å². The SMILES string of the molecule is O=C(O)C1CC(N2CCc3ccccc32)CN1C(=O)C(c1ccccc1)c1ccccc1. The number of nitrogens with zero attached hydrogens (tertiary/aromatic N) is 2. The molecule has 1 saturated heterocycles. The van der Waals surface area contributed by atoms with E-state index in [1.165, 1.54) is 11.3 Å². The minimum Gasteiger partial charge on any atom is -0.480 e. The lowest BCUT2D eigenvalue weighted by atomic mass is 9.90. The van der Waals surface area contributed by atoms with E-state index in [0.717, 1.165) is 24.1 Å². The molecule has 0 saturated carbocycles. The van der Waals surface area contributed by atoms with Crippen LogP contribution in [0.3, 0.4) is 0 Å². The van der Waals surface area contributed by atoms with Crippen LogP contribution < -0.4 is 4.90 Å². The fourth-order valence-electron chi connectivity index (χ4n) is 5.19. The summed E-state index contributed by atoms with van der Waals surface area (Å²) in [6.45, 7) is 1.28. The molecule has 5 rings (SSSR count). The van der Waals surface area contributed by atoms with Gasteiger partial charge in [-0.15, -0.1) is 0 Å². The molecule has 0 spiro atoms. The van der Waals surface area contributed by atoms with Crippen molar-refractivity contribution in [1.29, 1.82) is 0 Å². The average Bonchev–Trinajstić information content (AvgIpc) is 3.45. The van der Waals surface area contributed by atoms with E-state index in [9.17, 15) is 14.7 Å². The number of carbonyl (C=O) groups is 2. The second-order valence-electron chi connectivity index (χ2n) is 8.56. The number of carboxylic acid groups (broad SMARTS) is 1. The molecule has 2 heterocycles. The minimum absolute atomic E-state index is 0.00380. The number of hydrogen-bond acceptors (Lipinski definition) is 3. The molecule has 1 N–H and O–H groups in total. The van der Waals surface area contributed by atoms with Crippen LogP contribution in [0, 0.1) is 0 Å². The summed E-state index contributed by atoms with van der Waals surface area (Å²) in [6.07, 6.45) is 1.39. The summed E-state index contributed by atoms with van der Waals surface area (Å²) in [5, 5.41) is 10.00. The standard InChI is InChI=1S/C27H26N2O3/c30-26(25(20-10-3-1-4-11-20)21-12-5-2-6-13-21)29-18-22(17-24(29)27(31)32)28-16-15-19-9-7-8-14-23(19)28/h1-14,22,24-25H,15-18H2,(H,31,32). The Morgan fingerprint density at radius 2 is 1.44 bits per heavy atom. The number of fused-ring (bicyclic) bond motifs is 1. The molecule has 2 unspecified atom stereocenters. The molecular weight excluding hydrogens is 400 g/mol. The lowest BCUT2D eigenvalue weighted by Crippen LogP contribution is -2.44. The van der Waals surface area contributed by atoms with Gasteiger partial charge in [-0.25, -0.2) is 4.79 Å². The quantitative estimate of drug-likeness (QED) is 0.672. The van der Waals surface area contributed by atoms with Crippen LogP contribution in [0.1, 0.15) is 29.0 Å². The maximum atomic E-state index is 13.9. The molecule has 3 aromatic rings. The second kappa shape index (κ2) is 8.50. The van der Waals surface area contributed by atoms with Gasteiger partial charge in [0.2, 0.25) is 5.91 Å². The van der Waals surface area contributed by atoms with Gasteiger partial charge in [-0.3, -0.25) is 4.79 Å². The monoisotopic (exact) mass is 426 g/mol. The van der Waals surface area contributed by atoms with E-state index in [1.54, 1.807) is 4.90 Å². The number of hydrogen-bond donors (Lipinski definition) is 1. The van der Waals surface area contributed by atoms with Gasteiger partial charge in [-0.1, -0.05) is 78.9 Å². The van der Waals surface area contributed by atoms with E-state index >= 15 is 0 Å². The summed E-state index contributed by atoms with van der Waals surface area (Å²) < 4.78 is 0. The Bertz CT molecular complexity index is 1080. The molecule has 5 nitrogen and oxygen atoms in total. The predicted molar refractivity (Wildman–Crippen MR) is 124 cm³/mol. The first-order valence-corrected chi connectivity index (χ1v) is 11.1. The zero-order valence-corrected chi connectivity index (χ0v) is 17.8. The van der Waals surface area contributed by atoms with E-state index in [4.69, 9.17) is 0 Å². The van der Waals surface area contributed by atoms with Crippen LogP contribution >= 0.6 is 0 Å². The van der Waals surface area contributed by atoms with E-state index in [0.29, 0.717) is 13.0 Å². The summed E-state index contributed by atoms with van der Waals surface area (Å²) in [5.74, 6) is -1.61. The largest absolute Gasteiger partial charge is 0.480 e. The number of para-hydroxylation sites is 1. The number of amides is 1. The highest BCUT2D eigenvalue weighted by molar-refractivity contribution is 5.91. The Morgan fingerprint density at radius 3 is 2.06 bits per heavy atom. The van der Waals surface area contributed by atoms with Crippen molar-refractivity contribution in [2.24, 2.45) is 0 Å². The number of likely N-dealkylation sites (tertiary alicyclic amines) is 1. The molecule has 32 heavy (non-hydrogen) atoms. The second-order valence-corrected chi connectivity index (χ2v) is 8.56. The zero-order chi connectivity index (χ0) is 22.1. The number of carbonyl (C=O) groups excluding carboxylic acids is 1. The molecule has 2 aliphatic rings. The van der Waals surface area contributed by atoms with Crippen LogP contribution in [-0.2, 0) is 16.0 Å². The maximum absolute atomic E-state index is 13.9. The Balaban J connectivity index is 1.47. The van der Waals surface area contributed by atoms with Gasteiger partial charge in [0.05, 0.1) is 5.92 Å². The van der Waals surface area contributed by atoms with Gasteiger partial charge in [0.1, 0.15) is 6.04 Å². The Morgan fingerprint density at radius 1 is 0.844 bits per heavy atom. The van der Waals surface area contributed by atoms with Crippen LogP contribution in [0.25, 0.3) is 0 Å². The molecule has 1 fully saturated rings. The van der Waals surface area contributed by atoms with Crippen molar-refractivity contribution in [1.82, 2.24) is 4.90 Å². The first-order chi connectivity index (χ1) is 15.6. The summed E-state index contributed by atoms with van der Waals surface area (Å²) in [5.41, 5.74) is 4.21. The number of anilines is 1. The third kappa shape index (κ3) is 3.64. The van der Waals surface area contributed by atoms with Crippen LogP contribution in [-0.4, -0.2) is 47.1 Å². The van der Waals surface area contributed by atoms with Crippen molar-refractivity contribution in [3.63, 3.8) is 0 Å². The molecule has 162 valence electrons. The molecular formula is C27H26N2O3. The Hall–Kier alpha value is -3.60. The summed E-state index contributed by atoms with van der Waals surface area (Å²) in [7, 11) is 0. The highest BCUT2D eigenvalue weighted by Gasteiger charge is 2.45. The molecule has 1 amide bonds. The van der Waals surface area contributed by atoms with Crippen molar-refractivity contribution in [3.05, 3.63) is 102 Å². The van der Waals surface area contributed by atoms with Crippen molar-refractivity contribution < 1.29 is 14.7 Å². The van der Waals surface area contributed by atoms with Gasteiger partial charge in [0.25, 0.3) is 0 Å². The summed E-state index contributed by atoms with van der Waals surface area (Å²) in [4.78, 5) is 30.0. The summed E-state index contributed by atoms with van der Waals surface area (Å²) >= 11 is 0. The number of rotatable bonds is 5. The van der Waals surface area contributed by atoms with E-state index < -0.39 is 17.9 Å². The van der Waals surface area contributed by atoms with E-state index in [-0.39, 0.29) is 11.9 Å². The van der Waals surface area contributed by atoms with Crippen LogP contribution in [0.15, 0.2) is 84.9 Å². The fraction of sp³-hybridized carbons (Fsp3) is 0.259. The highest BCUT2D eigenvalue weighted by Crippen LogP contribution is 2.36. The Kier molecular flexibility index (Phi) is 5.39. The van der Waals surface area contributed by atoms with Crippen molar-refractivity contribution in [2.45, 2.75) is 30.8 Å². The molecule has 0 radical (unpaired) electrons. The van der Waals surface area contributed by atoms with Gasteiger partial charge in [-0.05, 0) is 29.2 Å². The molecule has 3 aromatic carbocycles. The third-order valence-electron chi connectivity index (χ3n) is 6.72. The van der Waals surface area contributed by atoms with E-state index in [2.05, 4.69) is 17.0 Å². The van der Waals surface area contributed by atoms with Gasteiger partial charge >= 0.3 is 5.97 Å². The van der Waals surface area contributed by atoms with Gasteiger partial charge in [0.15, 0.2) is 0 Å². The summed E-state index contributed by atoms with van der Waals surface area (Å²) in [6, 6.07) is 26.7. The normalized spacial score (nSPS) is 19.9. The van der Waals surface area contributed by atoms with Crippen LogP contribution in [0.4, 0.5) is 5.69 Å². The number of benzene rings is 3. The first kappa shape index (κ1) is 20.3. The van der Waals surface area contributed by atoms with Gasteiger partial charge < -0.3 is 14.9 Å². The van der Waals surface area contributed by atoms with Crippen molar-refractivity contribution in [3.8, 4) is 0 Å². The molecule has 0 aromatic heterocycles. The topological polar surface area (TPSA) is 60.9 Å². The molecule has 2 atom stereocenters. The van der Waals surface area contributed by atoms with Crippen LogP contribution in [0.5, 0.6) is 0 Å². The Labute approximate surface area is 187 Å². The fourth-order valence-corrected chi connectivity index (χ4v) is 5.19. The highest BCUT2D eigenvalue weighted by atomic mass is 16.4. The lowest BCUT2D eigenvalue weighted by molar-refractivity contribution is -0.148.